The number of carbonyl (C=O) groups is 1. The summed E-state index contributed by atoms with van der Waals surface area (Å²) < 4.78 is 6.93. The minimum atomic E-state index is 0.0292. The smallest absolute Gasteiger partial charge is 0.257 e. The van der Waals surface area contributed by atoms with E-state index in [1.54, 1.807) is 24.2 Å². The fourth-order valence-electron chi connectivity index (χ4n) is 3.67. The summed E-state index contributed by atoms with van der Waals surface area (Å²) in [5.41, 5.74) is 2.73. The largest absolute Gasteiger partial charge is 0.497 e. The third-order valence-corrected chi connectivity index (χ3v) is 5.61. The third kappa shape index (κ3) is 4.83. The molecule has 0 bridgehead atoms. The molecule has 1 saturated heterocycles. The zero-order valence-corrected chi connectivity index (χ0v) is 17.8. The number of methoxy groups -OCH3 is 1. The van der Waals surface area contributed by atoms with Gasteiger partial charge in [0.25, 0.3) is 5.91 Å². The summed E-state index contributed by atoms with van der Waals surface area (Å²) in [6.07, 6.45) is 4.37. The average Bonchev–Trinajstić information content (AvgIpc) is 3.15. The van der Waals surface area contributed by atoms with Crippen LogP contribution in [0.3, 0.4) is 0 Å². The van der Waals surface area contributed by atoms with Crippen molar-refractivity contribution in [3.8, 4) is 11.4 Å². The van der Waals surface area contributed by atoms with Crippen molar-refractivity contribution in [2.24, 2.45) is 0 Å². The Kier molecular flexibility index (Phi) is 6.35. The molecule has 0 atom stereocenters. The number of ether oxygens (including phenoxy) is 1. The zero-order valence-electron chi connectivity index (χ0n) is 17.0. The molecular formula is C23H25ClN4O2. The predicted molar refractivity (Wildman–Crippen MR) is 117 cm³/mol. The molecule has 1 amide bonds. The van der Waals surface area contributed by atoms with Crippen LogP contribution in [0.2, 0.25) is 5.02 Å². The van der Waals surface area contributed by atoms with Crippen LogP contribution in [0.4, 0.5) is 0 Å². The summed E-state index contributed by atoms with van der Waals surface area (Å²) in [6, 6.07) is 15.6. The number of benzene rings is 2. The normalized spacial score (nSPS) is 15.1. The first-order chi connectivity index (χ1) is 14.6. The van der Waals surface area contributed by atoms with Crippen LogP contribution in [0.5, 0.6) is 5.75 Å². The van der Waals surface area contributed by atoms with Crippen molar-refractivity contribution in [3.63, 3.8) is 0 Å². The number of nitrogens with zero attached hydrogens (tertiary/aromatic N) is 4. The minimum absolute atomic E-state index is 0.0292. The highest BCUT2D eigenvalue weighted by atomic mass is 35.5. The van der Waals surface area contributed by atoms with Crippen LogP contribution in [0.1, 0.15) is 22.3 Å². The van der Waals surface area contributed by atoms with Crippen LogP contribution >= 0.6 is 11.6 Å². The van der Waals surface area contributed by atoms with Crippen molar-refractivity contribution < 1.29 is 9.53 Å². The second-order valence-electron chi connectivity index (χ2n) is 7.42. The van der Waals surface area contributed by atoms with E-state index in [1.165, 1.54) is 5.56 Å². The number of halogens is 1. The minimum Gasteiger partial charge on any atom is -0.497 e. The van der Waals surface area contributed by atoms with Gasteiger partial charge in [-0.25, -0.2) is 4.68 Å². The highest BCUT2D eigenvalue weighted by molar-refractivity contribution is 6.30. The van der Waals surface area contributed by atoms with E-state index in [0.717, 1.165) is 44.0 Å². The van der Waals surface area contributed by atoms with Crippen LogP contribution in [0.25, 0.3) is 5.69 Å². The van der Waals surface area contributed by atoms with E-state index < -0.39 is 0 Å². The maximum Gasteiger partial charge on any atom is 0.257 e. The molecule has 1 fully saturated rings. The van der Waals surface area contributed by atoms with Gasteiger partial charge < -0.3 is 9.64 Å². The second-order valence-corrected chi connectivity index (χ2v) is 7.86. The average molecular weight is 425 g/mol. The molecule has 2 aromatic carbocycles. The van der Waals surface area contributed by atoms with Crippen molar-refractivity contribution in [1.29, 1.82) is 0 Å². The van der Waals surface area contributed by atoms with E-state index in [1.807, 2.05) is 41.3 Å². The van der Waals surface area contributed by atoms with Gasteiger partial charge in [0.2, 0.25) is 0 Å². The summed E-state index contributed by atoms with van der Waals surface area (Å²) >= 11 is 5.95. The van der Waals surface area contributed by atoms with Gasteiger partial charge in [0.15, 0.2) is 0 Å². The Morgan fingerprint density at radius 1 is 1.03 bits per heavy atom. The van der Waals surface area contributed by atoms with Crippen molar-refractivity contribution in [3.05, 3.63) is 77.1 Å². The summed E-state index contributed by atoms with van der Waals surface area (Å²) in [4.78, 5) is 17.3. The molecule has 1 aromatic heterocycles. The van der Waals surface area contributed by atoms with E-state index in [9.17, 15) is 4.79 Å². The van der Waals surface area contributed by atoms with E-state index in [-0.39, 0.29) is 5.91 Å². The van der Waals surface area contributed by atoms with Gasteiger partial charge in [-0.15, -0.1) is 0 Å². The lowest BCUT2D eigenvalue weighted by Gasteiger charge is -2.21. The van der Waals surface area contributed by atoms with E-state index in [4.69, 9.17) is 16.3 Å². The number of hydrogen-bond donors (Lipinski definition) is 0. The van der Waals surface area contributed by atoms with Gasteiger partial charge in [-0.2, -0.15) is 5.10 Å². The zero-order chi connectivity index (χ0) is 20.9. The van der Waals surface area contributed by atoms with Crippen LogP contribution < -0.4 is 4.74 Å². The first-order valence-electron chi connectivity index (χ1n) is 10.1. The van der Waals surface area contributed by atoms with Gasteiger partial charge in [0.05, 0.1) is 24.6 Å². The molecule has 1 aliphatic heterocycles. The molecule has 3 aromatic rings. The number of aromatic nitrogens is 2. The first kappa shape index (κ1) is 20.4. The molecule has 30 heavy (non-hydrogen) atoms. The molecule has 1 aliphatic rings. The molecule has 6 nitrogen and oxygen atoms in total. The van der Waals surface area contributed by atoms with Crippen molar-refractivity contribution in [2.45, 2.75) is 13.0 Å². The third-order valence-electron chi connectivity index (χ3n) is 5.36. The lowest BCUT2D eigenvalue weighted by atomic mass is 10.2. The number of rotatable bonds is 5. The van der Waals surface area contributed by atoms with Gasteiger partial charge in [0, 0.05) is 43.9 Å². The molecule has 4 rings (SSSR count). The summed E-state index contributed by atoms with van der Waals surface area (Å²) in [5, 5.41) is 5.02. The van der Waals surface area contributed by atoms with E-state index in [2.05, 4.69) is 22.1 Å². The Morgan fingerprint density at radius 2 is 1.80 bits per heavy atom. The Morgan fingerprint density at radius 3 is 2.53 bits per heavy atom. The molecule has 0 unspecified atom stereocenters. The standard InChI is InChI=1S/C23H25ClN4O2/c1-30-22-9-3-18(4-10-22)16-26-11-2-12-27(14-13-26)23(29)19-15-25-28(17-19)21-7-5-20(24)6-8-21/h3-10,15,17H,2,11-14,16H2,1H3. The Hall–Kier alpha value is -2.83. The maximum atomic E-state index is 13.0. The molecule has 0 aliphatic carbocycles. The molecule has 0 N–H and O–H groups in total. The topological polar surface area (TPSA) is 50.6 Å². The molecule has 7 heteroatoms. The summed E-state index contributed by atoms with van der Waals surface area (Å²) in [6.45, 7) is 4.16. The highest BCUT2D eigenvalue weighted by Crippen LogP contribution is 2.17. The molecule has 0 spiro atoms. The highest BCUT2D eigenvalue weighted by Gasteiger charge is 2.21. The maximum absolute atomic E-state index is 13.0. The lowest BCUT2D eigenvalue weighted by Crippen LogP contribution is -2.35. The van der Waals surface area contributed by atoms with Gasteiger partial charge in [-0.05, 0) is 48.4 Å². The van der Waals surface area contributed by atoms with Crippen LogP contribution in [-0.2, 0) is 6.54 Å². The summed E-state index contributed by atoms with van der Waals surface area (Å²) in [5.74, 6) is 0.895. The van der Waals surface area contributed by atoms with Gasteiger partial charge in [0.1, 0.15) is 5.75 Å². The lowest BCUT2D eigenvalue weighted by molar-refractivity contribution is 0.0761. The van der Waals surface area contributed by atoms with Crippen LogP contribution in [0, 0.1) is 0 Å². The number of hydrogen-bond acceptors (Lipinski definition) is 4. The van der Waals surface area contributed by atoms with Crippen molar-refractivity contribution >= 4 is 17.5 Å². The fraction of sp³-hybridized carbons (Fsp3) is 0.304. The molecule has 0 saturated carbocycles. The van der Waals surface area contributed by atoms with E-state index in [0.29, 0.717) is 17.1 Å². The van der Waals surface area contributed by atoms with Gasteiger partial charge in [-0.3, -0.25) is 9.69 Å². The predicted octanol–water partition coefficient (Wildman–Crippen LogP) is 3.88. The summed E-state index contributed by atoms with van der Waals surface area (Å²) in [7, 11) is 1.68. The Balaban J connectivity index is 1.37. The second kappa shape index (κ2) is 9.32. The first-order valence-corrected chi connectivity index (χ1v) is 10.5. The molecule has 156 valence electrons. The quantitative estimate of drug-likeness (QED) is 0.623. The number of carbonyl (C=O) groups excluding carboxylic acids is 1. The van der Waals surface area contributed by atoms with E-state index >= 15 is 0 Å². The Bertz CT molecular complexity index is 985. The monoisotopic (exact) mass is 424 g/mol. The Labute approximate surface area is 181 Å². The van der Waals surface area contributed by atoms with Crippen molar-refractivity contribution in [1.82, 2.24) is 19.6 Å². The van der Waals surface area contributed by atoms with Crippen molar-refractivity contribution in [2.75, 3.05) is 33.3 Å². The van der Waals surface area contributed by atoms with Crippen LogP contribution in [0.15, 0.2) is 60.9 Å². The number of amides is 1. The molecular weight excluding hydrogens is 400 g/mol. The van der Waals surface area contributed by atoms with Gasteiger partial charge >= 0.3 is 0 Å². The fourth-order valence-corrected chi connectivity index (χ4v) is 3.80. The SMILES string of the molecule is COc1ccc(CN2CCCN(C(=O)c3cnn(-c4ccc(Cl)cc4)c3)CC2)cc1. The molecule has 2 heterocycles. The van der Waals surface area contributed by atoms with Crippen LogP contribution in [-0.4, -0.2) is 58.8 Å². The van der Waals surface area contributed by atoms with Gasteiger partial charge in [-0.1, -0.05) is 23.7 Å². The molecule has 0 radical (unpaired) electrons.